The first-order valence-corrected chi connectivity index (χ1v) is 9.80. The summed E-state index contributed by atoms with van der Waals surface area (Å²) in [6.07, 6.45) is 0. The van der Waals surface area contributed by atoms with E-state index in [1.165, 1.54) is 0 Å². The summed E-state index contributed by atoms with van der Waals surface area (Å²) in [5, 5.41) is -0.932. The van der Waals surface area contributed by atoms with Gasteiger partial charge in [0.15, 0.2) is 0 Å². The van der Waals surface area contributed by atoms with Crippen molar-refractivity contribution < 1.29 is 0 Å². The van der Waals surface area contributed by atoms with Crippen molar-refractivity contribution in [3.63, 3.8) is 0 Å². The maximum absolute atomic E-state index is 6.29. The van der Waals surface area contributed by atoms with Crippen molar-refractivity contribution in [3.05, 3.63) is 45.2 Å². The van der Waals surface area contributed by atoms with Crippen LogP contribution in [0.15, 0.2) is 13.5 Å². The SMILES string of the molecule is ClC(Cl)=C(Cl)c1c(Cl)c(C(Cl)=C(Cl)Cl)c(Cl)c(C(Cl)=C(Cl)Cl)c1Cl. The van der Waals surface area contributed by atoms with Crippen molar-refractivity contribution in [3.8, 4) is 0 Å². The van der Waals surface area contributed by atoms with Crippen molar-refractivity contribution in [2.75, 3.05) is 0 Å². The normalized spacial score (nSPS) is 10.5. The summed E-state index contributed by atoms with van der Waals surface area (Å²) in [5.41, 5.74) is -0.0559. The molecule has 0 spiro atoms. The molecule has 0 saturated heterocycles. The van der Waals surface area contributed by atoms with Gasteiger partial charge in [-0.05, 0) is 0 Å². The molecule has 1 aromatic rings. The van der Waals surface area contributed by atoms with Crippen LogP contribution in [0.25, 0.3) is 15.1 Å². The fourth-order valence-corrected chi connectivity index (χ4v) is 4.23. The average Bonchev–Trinajstić information content (AvgIpc) is 2.46. The summed E-state index contributed by atoms with van der Waals surface area (Å²) in [5.74, 6) is 0. The Bertz CT molecular complexity index is 648. The maximum Gasteiger partial charge on any atom is 0.126 e. The van der Waals surface area contributed by atoms with Crippen LogP contribution in [0.3, 0.4) is 0 Å². The third-order valence-corrected chi connectivity index (χ3v) is 6.46. The molecule has 0 aliphatic heterocycles. The molecule has 0 aliphatic carbocycles. The van der Waals surface area contributed by atoms with Crippen LogP contribution in [0.2, 0.25) is 15.1 Å². The van der Waals surface area contributed by atoms with Crippen LogP contribution in [0.4, 0.5) is 0 Å². The van der Waals surface area contributed by atoms with Gasteiger partial charge in [0, 0.05) is 16.7 Å². The second kappa shape index (κ2) is 9.92. The summed E-state index contributed by atoms with van der Waals surface area (Å²) < 4.78 is -0.975. The molecule has 0 radical (unpaired) electrons. The van der Waals surface area contributed by atoms with Gasteiger partial charge in [-0.3, -0.25) is 0 Å². The molecular formula is C12Cl12. The Morgan fingerprint density at radius 2 is 0.542 bits per heavy atom. The van der Waals surface area contributed by atoms with Gasteiger partial charge in [-0.25, -0.2) is 0 Å². The average molecular weight is 570 g/mol. The highest BCUT2D eigenvalue weighted by atomic mass is 35.5. The van der Waals surface area contributed by atoms with E-state index >= 15 is 0 Å². The van der Waals surface area contributed by atoms with E-state index in [1.807, 2.05) is 0 Å². The lowest BCUT2D eigenvalue weighted by molar-refractivity contribution is 1.55. The fraction of sp³-hybridized carbons (Fsp3) is 0. The maximum atomic E-state index is 6.29. The molecule has 0 saturated carbocycles. The minimum atomic E-state index is -0.325. The molecule has 0 aromatic heterocycles. The highest BCUT2D eigenvalue weighted by Crippen LogP contribution is 2.51. The minimum Gasteiger partial charge on any atom is -0.0828 e. The molecule has 0 unspecified atom stereocenters. The van der Waals surface area contributed by atoms with Gasteiger partial charge in [0.05, 0.1) is 30.2 Å². The van der Waals surface area contributed by atoms with Gasteiger partial charge in [0.2, 0.25) is 0 Å². The van der Waals surface area contributed by atoms with Crippen LogP contribution in [0.5, 0.6) is 0 Å². The predicted molar refractivity (Wildman–Crippen MR) is 115 cm³/mol. The molecule has 132 valence electrons. The summed E-state index contributed by atoms with van der Waals surface area (Å²) in [7, 11) is 0. The van der Waals surface area contributed by atoms with Crippen LogP contribution in [0, 0.1) is 0 Å². The molecule has 0 aliphatic rings. The van der Waals surface area contributed by atoms with E-state index in [0.29, 0.717) is 0 Å². The molecule has 0 fully saturated rings. The number of hydrogen-bond acceptors (Lipinski definition) is 0. The van der Waals surface area contributed by atoms with Crippen molar-refractivity contribution in [2.45, 2.75) is 0 Å². The van der Waals surface area contributed by atoms with Gasteiger partial charge in [0.25, 0.3) is 0 Å². The zero-order valence-corrected chi connectivity index (χ0v) is 19.6. The summed E-state index contributed by atoms with van der Waals surface area (Å²) in [4.78, 5) is 0. The van der Waals surface area contributed by atoms with Gasteiger partial charge in [-0.2, -0.15) is 0 Å². The largest absolute Gasteiger partial charge is 0.126 e. The highest BCUT2D eigenvalue weighted by Gasteiger charge is 2.28. The third-order valence-electron chi connectivity index (χ3n) is 2.47. The van der Waals surface area contributed by atoms with Gasteiger partial charge >= 0.3 is 0 Å². The summed E-state index contributed by atoms with van der Waals surface area (Å²) in [6.45, 7) is 0. The first kappa shape index (κ1) is 24.0. The van der Waals surface area contributed by atoms with Crippen molar-refractivity contribution >= 4 is 154 Å². The van der Waals surface area contributed by atoms with Crippen molar-refractivity contribution in [1.29, 1.82) is 0 Å². The van der Waals surface area contributed by atoms with E-state index in [4.69, 9.17) is 139 Å². The number of halogens is 12. The number of rotatable bonds is 3. The Morgan fingerprint density at radius 1 is 0.375 bits per heavy atom. The standard InChI is InChI=1S/C12Cl12/c13-4-1(7(16)10(19)20)5(14)3(9(18)12(23)24)6(15)2(4)8(17)11(21)22. The topological polar surface area (TPSA) is 0 Å². The summed E-state index contributed by atoms with van der Waals surface area (Å²) >= 11 is 71.3. The first-order chi connectivity index (χ1) is 10.9. The Balaban J connectivity index is 4.21. The predicted octanol–water partition coefficient (Wildman–Crippen LogP) is 10.7. The van der Waals surface area contributed by atoms with Crippen molar-refractivity contribution in [2.24, 2.45) is 0 Å². The molecule has 0 N–H and O–H groups in total. The lowest BCUT2D eigenvalue weighted by Gasteiger charge is -2.18. The molecular weight excluding hydrogens is 570 g/mol. The van der Waals surface area contributed by atoms with Crippen LogP contribution in [-0.2, 0) is 0 Å². The molecule has 24 heavy (non-hydrogen) atoms. The zero-order valence-electron chi connectivity index (χ0n) is 10.5. The number of hydrogen-bond donors (Lipinski definition) is 0. The van der Waals surface area contributed by atoms with Crippen LogP contribution in [-0.4, -0.2) is 0 Å². The van der Waals surface area contributed by atoms with E-state index in [2.05, 4.69) is 0 Å². The van der Waals surface area contributed by atoms with Gasteiger partial charge in [0.1, 0.15) is 13.5 Å². The van der Waals surface area contributed by atoms with Crippen LogP contribution >= 0.6 is 139 Å². The Morgan fingerprint density at radius 3 is 0.667 bits per heavy atom. The lowest BCUT2D eigenvalue weighted by atomic mass is 10.0. The Kier molecular flexibility index (Phi) is 9.90. The molecule has 0 nitrogen and oxygen atoms in total. The first-order valence-electron chi connectivity index (χ1n) is 5.27. The molecule has 0 atom stereocenters. The second-order valence-corrected chi connectivity index (χ2v) is 8.91. The Labute approximate surface area is 197 Å². The molecule has 0 bridgehead atoms. The molecule has 0 heterocycles. The van der Waals surface area contributed by atoms with Crippen LogP contribution < -0.4 is 0 Å². The third kappa shape index (κ3) is 5.04. The molecule has 1 aromatic carbocycles. The monoisotopic (exact) mass is 564 g/mol. The van der Waals surface area contributed by atoms with E-state index < -0.39 is 0 Å². The van der Waals surface area contributed by atoms with E-state index in [9.17, 15) is 0 Å². The van der Waals surface area contributed by atoms with E-state index in [-0.39, 0.29) is 60.3 Å². The van der Waals surface area contributed by atoms with Gasteiger partial charge in [-0.1, -0.05) is 139 Å². The molecule has 12 heteroatoms. The fourth-order valence-electron chi connectivity index (χ4n) is 1.53. The van der Waals surface area contributed by atoms with E-state index in [1.54, 1.807) is 0 Å². The highest BCUT2D eigenvalue weighted by molar-refractivity contribution is 6.71. The minimum absolute atomic E-state index is 0.0186. The van der Waals surface area contributed by atoms with Gasteiger partial charge in [-0.15, -0.1) is 0 Å². The van der Waals surface area contributed by atoms with Gasteiger partial charge < -0.3 is 0 Å². The summed E-state index contributed by atoms with van der Waals surface area (Å²) in [6, 6.07) is 0. The quantitative estimate of drug-likeness (QED) is 0.340. The number of benzene rings is 1. The lowest BCUT2D eigenvalue weighted by Crippen LogP contribution is -1.97. The Hall–Kier alpha value is 1.92. The molecule has 0 amide bonds. The van der Waals surface area contributed by atoms with Crippen LogP contribution in [0.1, 0.15) is 16.7 Å². The van der Waals surface area contributed by atoms with Crippen molar-refractivity contribution in [1.82, 2.24) is 0 Å². The smallest absolute Gasteiger partial charge is 0.0828 e. The molecule has 1 rings (SSSR count). The van der Waals surface area contributed by atoms with E-state index in [0.717, 1.165) is 0 Å². The second-order valence-electron chi connectivity index (χ2n) is 3.79. The zero-order chi connectivity index (χ0) is 18.9.